The van der Waals surface area contributed by atoms with Gasteiger partial charge in [0.25, 0.3) is 0 Å². The van der Waals surface area contributed by atoms with E-state index in [2.05, 4.69) is 4.74 Å². The molecule has 0 saturated heterocycles. The quantitative estimate of drug-likeness (QED) is 0.773. The summed E-state index contributed by atoms with van der Waals surface area (Å²) >= 11 is 0. The van der Waals surface area contributed by atoms with Crippen LogP contribution in [0.25, 0.3) is 0 Å². The monoisotopic (exact) mass is 270 g/mol. The van der Waals surface area contributed by atoms with E-state index in [4.69, 9.17) is 10.5 Å². The third kappa shape index (κ3) is 3.90. The Kier molecular flexibility index (Phi) is 5.72. The van der Waals surface area contributed by atoms with Crippen LogP contribution in [-0.4, -0.2) is 44.7 Å². The Balaban J connectivity index is 2.78. The Hall–Kier alpha value is -1.66. The van der Waals surface area contributed by atoms with E-state index >= 15 is 0 Å². The highest BCUT2D eigenvalue weighted by Gasteiger charge is 2.22. The van der Waals surface area contributed by atoms with Gasteiger partial charge < -0.3 is 15.2 Å². The molecule has 0 aliphatic heterocycles. The topological polar surface area (TPSA) is 64.8 Å². The van der Waals surface area contributed by atoms with Crippen molar-refractivity contribution in [3.05, 3.63) is 29.6 Å². The van der Waals surface area contributed by atoms with Crippen molar-refractivity contribution in [1.82, 2.24) is 4.90 Å². The number of carbonyl (C=O) groups is 1. The zero-order chi connectivity index (χ0) is 14.4. The summed E-state index contributed by atoms with van der Waals surface area (Å²) in [6, 6.07) is 4.12. The number of nitrogens with two attached hydrogens (primary N) is 1. The SMILES string of the molecule is COC(=O)C(CN)N(C)Cc1ccc(OC)c(F)c1. The number of methoxy groups -OCH3 is 2. The van der Waals surface area contributed by atoms with Crippen LogP contribution in [0.4, 0.5) is 4.39 Å². The maximum absolute atomic E-state index is 13.5. The van der Waals surface area contributed by atoms with Crippen molar-refractivity contribution in [2.75, 3.05) is 27.8 Å². The lowest BCUT2D eigenvalue weighted by Crippen LogP contribution is -2.44. The van der Waals surface area contributed by atoms with Gasteiger partial charge >= 0.3 is 5.97 Å². The molecule has 0 fully saturated rings. The van der Waals surface area contributed by atoms with Crippen molar-refractivity contribution < 1.29 is 18.7 Å². The fourth-order valence-corrected chi connectivity index (χ4v) is 1.80. The summed E-state index contributed by atoms with van der Waals surface area (Å²) in [4.78, 5) is 13.2. The van der Waals surface area contributed by atoms with Crippen molar-refractivity contribution in [2.45, 2.75) is 12.6 Å². The molecule has 0 aliphatic rings. The molecule has 0 bridgehead atoms. The molecular formula is C13H19FN2O3. The Morgan fingerprint density at radius 2 is 2.16 bits per heavy atom. The zero-order valence-corrected chi connectivity index (χ0v) is 11.4. The largest absolute Gasteiger partial charge is 0.494 e. The van der Waals surface area contributed by atoms with Crippen molar-refractivity contribution in [3.63, 3.8) is 0 Å². The molecule has 1 unspecified atom stereocenters. The van der Waals surface area contributed by atoms with E-state index in [1.54, 1.807) is 24.1 Å². The zero-order valence-electron chi connectivity index (χ0n) is 11.4. The van der Waals surface area contributed by atoms with E-state index in [1.807, 2.05) is 0 Å². The van der Waals surface area contributed by atoms with E-state index < -0.39 is 17.8 Å². The number of rotatable bonds is 6. The van der Waals surface area contributed by atoms with Gasteiger partial charge in [-0.05, 0) is 24.7 Å². The van der Waals surface area contributed by atoms with Crippen LogP contribution in [0.3, 0.4) is 0 Å². The van der Waals surface area contributed by atoms with Crippen molar-refractivity contribution >= 4 is 5.97 Å². The maximum atomic E-state index is 13.5. The van der Waals surface area contributed by atoms with Crippen LogP contribution in [0.5, 0.6) is 5.75 Å². The average Bonchev–Trinajstić information content (AvgIpc) is 2.39. The van der Waals surface area contributed by atoms with Gasteiger partial charge in [-0.3, -0.25) is 9.69 Å². The first-order chi connectivity index (χ1) is 9.03. The fraction of sp³-hybridized carbons (Fsp3) is 0.462. The molecule has 0 saturated carbocycles. The molecule has 0 amide bonds. The highest BCUT2D eigenvalue weighted by atomic mass is 19.1. The van der Waals surface area contributed by atoms with Gasteiger partial charge in [0.2, 0.25) is 0 Å². The number of halogens is 1. The van der Waals surface area contributed by atoms with Gasteiger partial charge in [0, 0.05) is 13.1 Å². The summed E-state index contributed by atoms with van der Waals surface area (Å²) < 4.78 is 23.1. The molecule has 2 N–H and O–H groups in total. The van der Waals surface area contributed by atoms with Gasteiger partial charge in [-0.15, -0.1) is 0 Å². The highest BCUT2D eigenvalue weighted by molar-refractivity contribution is 5.75. The standard InChI is InChI=1S/C13H19FN2O3/c1-16(11(7-15)13(17)19-3)8-9-4-5-12(18-2)10(14)6-9/h4-6,11H,7-8,15H2,1-3H3. The molecule has 0 aliphatic carbocycles. The molecular weight excluding hydrogens is 251 g/mol. The fourth-order valence-electron chi connectivity index (χ4n) is 1.80. The number of nitrogens with zero attached hydrogens (tertiary/aromatic N) is 1. The van der Waals surface area contributed by atoms with E-state index in [1.165, 1.54) is 20.3 Å². The number of esters is 1. The lowest BCUT2D eigenvalue weighted by atomic mass is 10.1. The van der Waals surface area contributed by atoms with Crippen LogP contribution < -0.4 is 10.5 Å². The highest BCUT2D eigenvalue weighted by Crippen LogP contribution is 2.18. The van der Waals surface area contributed by atoms with Crippen LogP contribution in [0.15, 0.2) is 18.2 Å². The summed E-state index contributed by atoms with van der Waals surface area (Å²) in [5, 5.41) is 0. The van der Waals surface area contributed by atoms with Gasteiger partial charge in [0.15, 0.2) is 11.6 Å². The lowest BCUT2D eigenvalue weighted by Gasteiger charge is -2.24. The lowest BCUT2D eigenvalue weighted by molar-refractivity contribution is -0.146. The van der Waals surface area contributed by atoms with E-state index in [0.29, 0.717) is 6.54 Å². The normalized spacial score (nSPS) is 12.3. The van der Waals surface area contributed by atoms with Gasteiger partial charge in [-0.2, -0.15) is 0 Å². The molecule has 5 nitrogen and oxygen atoms in total. The van der Waals surface area contributed by atoms with E-state index in [0.717, 1.165) is 5.56 Å². The number of ether oxygens (including phenoxy) is 2. The molecule has 106 valence electrons. The van der Waals surface area contributed by atoms with Crippen LogP contribution in [0, 0.1) is 5.82 Å². The maximum Gasteiger partial charge on any atom is 0.324 e. The van der Waals surface area contributed by atoms with Crippen LogP contribution in [0.1, 0.15) is 5.56 Å². The van der Waals surface area contributed by atoms with Crippen molar-refractivity contribution in [1.29, 1.82) is 0 Å². The molecule has 1 rings (SSSR count). The second-order valence-corrected chi connectivity index (χ2v) is 4.16. The minimum absolute atomic E-state index is 0.141. The van der Waals surface area contributed by atoms with Crippen molar-refractivity contribution in [2.24, 2.45) is 5.73 Å². The number of hydrogen-bond acceptors (Lipinski definition) is 5. The van der Waals surface area contributed by atoms with E-state index in [9.17, 15) is 9.18 Å². The molecule has 1 atom stereocenters. The predicted molar refractivity (Wildman–Crippen MR) is 69.3 cm³/mol. The van der Waals surface area contributed by atoms with Gasteiger partial charge in [0.1, 0.15) is 6.04 Å². The first-order valence-electron chi connectivity index (χ1n) is 5.84. The van der Waals surface area contributed by atoms with Gasteiger partial charge in [-0.25, -0.2) is 4.39 Å². The van der Waals surface area contributed by atoms with Crippen LogP contribution in [0.2, 0.25) is 0 Å². The van der Waals surface area contributed by atoms with Crippen LogP contribution >= 0.6 is 0 Å². The van der Waals surface area contributed by atoms with Crippen molar-refractivity contribution in [3.8, 4) is 5.75 Å². The number of benzene rings is 1. The Morgan fingerprint density at radius 1 is 1.47 bits per heavy atom. The van der Waals surface area contributed by atoms with Gasteiger partial charge in [0.05, 0.1) is 14.2 Å². The molecule has 0 radical (unpaired) electrons. The third-order valence-electron chi connectivity index (χ3n) is 2.88. The molecule has 0 heterocycles. The summed E-state index contributed by atoms with van der Waals surface area (Å²) in [6.07, 6.45) is 0. The Labute approximate surface area is 112 Å². The summed E-state index contributed by atoms with van der Waals surface area (Å²) in [6.45, 7) is 0.527. The predicted octanol–water partition coefficient (Wildman–Crippen LogP) is 0.766. The number of likely N-dealkylation sites (N-methyl/N-ethyl adjacent to an activating group) is 1. The molecule has 6 heteroatoms. The molecule has 19 heavy (non-hydrogen) atoms. The molecule has 0 spiro atoms. The molecule has 1 aromatic rings. The molecule has 0 aromatic heterocycles. The second kappa shape index (κ2) is 7.06. The average molecular weight is 270 g/mol. The number of hydrogen-bond donors (Lipinski definition) is 1. The Morgan fingerprint density at radius 3 is 2.63 bits per heavy atom. The van der Waals surface area contributed by atoms with Gasteiger partial charge in [-0.1, -0.05) is 6.07 Å². The molecule has 1 aromatic carbocycles. The minimum atomic E-state index is -0.546. The second-order valence-electron chi connectivity index (χ2n) is 4.16. The first kappa shape index (κ1) is 15.4. The first-order valence-corrected chi connectivity index (χ1v) is 5.84. The van der Waals surface area contributed by atoms with Crippen LogP contribution in [-0.2, 0) is 16.1 Å². The summed E-state index contributed by atoms with van der Waals surface area (Å²) in [5.41, 5.74) is 6.27. The Bertz CT molecular complexity index is 440. The summed E-state index contributed by atoms with van der Waals surface area (Å²) in [5.74, 6) is -0.649. The minimum Gasteiger partial charge on any atom is -0.494 e. The van der Waals surface area contributed by atoms with E-state index in [-0.39, 0.29) is 12.3 Å². The third-order valence-corrected chi connectivity index (χ3v) is 2.88. The summed E-state index contributed by atoms with van der Waals surface area (Å²) in [7, 11) is 4.45. The number of carbonyl (C=O) groups excluding carboxylic acids is 1. The smallest absolute Gasteiger partial charge is 0.324 e.